The van der Waals surface area contributed by atoms with Gasteiger partial charge in [-0.15, -0.1) is 5.53 Å². The molecule has 4 heteroatoms. The molecular weight excluding hydrogens is 142 g/mol. The van der Waals surface area contributed by atoms with E-state index in [4.69, 9.17) is 4.84 Å². The van der Waals surface area contributed by atoms with Crippen molar-refractivity contribution in [2.75, 3.05) is 20.2 Å². The molecule has 0 radical (unpaired) electrons. The van der Waals surface area contributed by atoms with Gasteiger partial charge in [0.25, 0.3) is 0 Å². The Hall–Kier alpha value is -0.580. The molecule has 0 bridgehead atoms. The normalized spacial score (nSPS) is 20.3. The summed E-state index contributed by atoms with van der Waals surface area (Å²) >= 11 is 0. The Morgan fingerprint density at radius 3 is 3.00 bits per heavy atom. The Morgan fingerprint density at radius 2 is 2.45 bits per heavy atom. The van der Waals surface area contributed by atoms with Crippen molar-refractivity contribution in [3.8, 4) is 0 Å². The highest BCUT2D eigenvalue weighted by molar-refractivity contribution is 4.99. The van der Waals surface area contributed by atoms with E-state index in [9.17, 15) is 0 Å². The van der Waals surface area contributed by atoms with Gasteiger partial charge in [-0.3, -0.25) is 4.84 Å². The highest BCUT2D eigenvalue weighted by Crippen LogP contribution is 2.03. The summed E-state index contributed by atoms with van der Waals surface area (Å²) in [6, 6.07) is 0. The molecule has 1 aliphatic rings. The van der Waals surface area contributed by atoms with Crippen molar-refractivity contribution in [1.82, 2.24) is 15.7 Å². The van der Waals surface area contributed by atoms with Gasteiger partial charge in [-0.05, 0) is 19.4 Å². The monoisotopic (exact) mass is 157 g/mol. The first-order valence-corrected chi connectivity index (χ1v) is 3.79. The lowest BCUT2D eigenvalue weighted by molar-refractivity contribution is -0.198. The van der Waals surface area contributed by atoms with E-state index < -0.39 is 0 Å². The Bertz CT molecular complexity index is 158. The van der Waals surface area contributed by atoms with Crippen molar-refractivity contribution in [2.45, 2.75) is 13.8 Å². The molecule has 1 N–H and O–H groups in total. The summed E-state index contributed by atoms with van der Waals surface area (Å²) < 4.78 is 0. The predicted molar refractivity (Wildman–Crippen MR) is 43.0 cm³/mol. The lowest BCUT2D eigenvalue weighted by atomic mass is 10.3. The first-order valence-electron chi connectivity index (χ1n) is 3.79. The first-order chi connectivity index (χ1) is 5.22. The molecule has 0 unspecified atom stereocenters. The second kappa shape index (κ2) is 3.71. The van der Waals surface area contributed by atoms with Crippen molar-refractivity contribution >= 4 is 0 Å². The molecule has 0 aromatic rings. The minimum atomic E-state index is 0.671. The topological polar surface area (TPSA) is 27.7 Å². The highest BCUT2D eigenvalue weighted by atomic mass is 16.7. The van der Waals surface area contributed by atoms with Crippen LogP contribution in [-0.2, 0) is 4.84 Å². The maximum Gasteiger partial charge on any atom is 0.0738 e. The fraction of sp³-hybridized carbons (Fsp3) is 0.714. The van der Waals surface area contributed by atoms with Gasteiger partial charge >= 0.3 is 0 Å². The van der Waals surface area contributed by atoms with Gasteiger partial charge in [-0.25, -0.2) is 5.01 Å². The van der Waals surface area contributed by atoms with E-state index in [1.807, 2.05) is 25.2 Å². The van der Waals surface area contributed by atoms with E-state index in [0.29, 0.717) is 6.61 Å². The second-order valence-electron chi connectivity index (χ2n) is 2.68. The molecule has 1 aliphatic heterocycles. The van der Waals surface area contributed by atoms with Crippen LogP contribution in [-0.4, -0.2) is 30.4 Å². The summed E-state index contributed by atoms with van der Waals surface area (Å²) in [5, 5.41) is 3.59. The van der Waals surface area contributed by atoms with E-state index in [-0.39, 0.29) is 0 Å². The van der Waals surface area contributed by atoms with E-state index in [1.54, 1.807) is 5.17 Å². The lowest BCUT2D eigenvalue weighted by Crippen LogP contribution is -2.49. The average molecular weight is 157 g/mol. The van der Waals surface area contributed by atoms with Crippen LogP contribution < -0.4 is 5.53 Å². The molecule has 1 rings (SSSR count). The number of rotatable bonds is 2. The third-order valence-electron chi connectivity index (χ3n) is 1.36. The molecule has 0 saturated carbocycles. The highest BCUT2D eigenvalue weighted by Gasteiger charge is 2.10. The molecule has 4 nitrogen and oxygen atoms in total. The van der Waals surface area contributed by atoms with Gasteiger partial charge < -0.3 is 0 Å². The molecule has 0 aliphatic carbocycles. The maximum absolute atomic E-state index is 5.23. The fourth-order valence-corrected chi connectivity index (χ4v) is 1.05. The van der Waals surface area contributed by atoms with Crippen LogP contribution in [0.4, 0.5) is 0 Å². The zero-order valence-corrected chi connectivity index (χ0v) is 7.29. The van der Waals surface area contributed by atoms with E-state index in [1.165, 1.54) is 5.57 Å². The van der Waals surface area contributed by atoms with Gasteiger partial charge in [0.1, 0.15) is 0 Å². The molecule has 0 amide bonds. The molecule has 0 aromatic heterocycles. The quantitative estimate of drug-likeness (QED) is 0.632. The van der Waals surface area contributed by atoms with Crippen LogP contribution >= 0.6 is 0 Å². The summed E-state index contributed by atoms with van der Waals surface area (Å²) in [7, 11) is 1.97. The number of hydrazine groups is 2. The minimum Gasteiger partial charge on any atom is -0.258 e. The second-order valence-corrected chi connectivity index (χ2v) is 2.68. The van der Waals surface area contributed by atoms with Gasteiger partial charge in [0, 0.05) is 19.8 Å². The number of hydrogen-bond acceptors (Lipinski definition) is 4. The summed E-state index contributed by atoms with van der Waals surface area (Å²) in [4.78, 5) is 5.23. The van der Waals surface area contributed by atoms with E-state index in [2.05, 4.69) is 12.5 Å². The molecule has 64 valence electrons. The van der Waals surface area contributed by atoms with Crippen LogP contribution in [0.15, 0.2) is 11.8 Å². The molecule has 1 heterocycles. The standard InChI is InChI=1S/C7H15N3O/c1-4-11-10-6-7(2)5-9(3)8-10/h6,8H,4-5H2,1-3H3. The van der Waals surface area contributed by atoms with Crippen LogP contribution in [0, 0.1) is 0 Å². The van der Waals surface area contributed by atoms with E-state index in [0.717, 1.165) is 6.54 Å². The largest absolute Gasteiger partial charge is 0.258 e. The smallest absolute Gasteiger partial charge is 0.0738 e. The van der Waals surface area contributed by atoms with Gasteiger partial charge in [0.2, 0.25) is 0 Å². The number of nitrogens with zero attached hydrogens (tertiary/aromatic N) is 2. The molecule has 0 aromatic carbocycles. The molecule has 0 saturated heterocycles. The zero-order valence-electron chi connectivity index (χ0n) is 7.29. The van der Waals surface area contributed by atoms with Gasteiger partial charge in [0.15, 0.2) is 0 Å². The SMILES string of the molecule is CCON1C=C(C)CN(C)N1. The lowest BCUT2D eigenvalue weighted by Gasteiger charge is -2.31. The summed E-state index contributed by atoms with van der Waals surface area (Å²) in [5.41, 5.74) is 4.29. The third kappa shape index (κ3) is 2.49. The third-order valence-corrected chi connectivity index (χ3v) is 1.36. The summed E-state index contributed by atoms with van der Waals surface area (Å²) in [5.74, 6) is 0. The van der Waals surface area contributed by atoms with Crippen LogP contribution in [0.5, 0.6) is 0 Å². The number of hydrogen-bond donors (Lipinski definition) is 1. The van der Waals surface area contributed by atoms with Crippen molar-refractivity contribution in [1.29, 1.82) is 0 Å². The van der Waals surface area contributed by atoms with Crippen molar-refractivity contribution < 1.29 is 4.84 Å². The Balaban J connectivity index is 2.47. The molecule has 11 heavy (non-hydrogen) atoms. The van der Waals surface area contributed by atoms with Crippen LogP contribution in [0.25, 0.3) is 0 Å². The summed E-state index contributed by atoms with van der Waals surface area (Å²) in [6.07, 6.45) is 1.95. The van der Waals surface area contributed by atoms with Crippen molar-refractivity contribution in [3.05, 3.63) is 11.8 Å². The average Bonchev–Trinajstić information content (AvgIpc) is 1.85. The molecule has 0 fully saturated rings. The number of nitrogens with one attached hydrogen (secondary N) is 1. The van der Waals surface area contributed by atoms with Crippen LogP contribution in [0.2, 0.25) is 0 Å². The van der Waals surface area contributed by atoms with Gasteiger partial charge in [-0.2, -0.15) is 5.17 Å². The minimum absolute atomic E-state index is 0.671. The molecule has 0 spiro atoms. The van der Waals surface area contributed by atoms with Crippen LogP contribution in [0.3, 0.4) is 0 Å². The summed E-state index contributed by atoms with van der Waals surface area (Å²) in [6.45, 7) is 5.64. The number of likely N-dealkylation sites (N-methyl/N-ethyl adjacent to an activating group) is 1. The molecule has 0 atom stereocenters. The first kappa shape index (κ1) is 8.52. The van der Waals surface area contributed by atoms with E-state index >= 15 is 0 Å². The zero-order chi connectivity index (χ0) is 8.27. The predicted octanol–water partition coefficient (Wildman–Crippen LogP) is 0.509. The fourth-order valence-electron chi connectivity index (χ4n) is 1.05. The maximum atomic E-state index is 5.23. The Kier molecular flexibility index (Phi) is 2.87. The Morgan fingerprint density at radius 1 is 1.73 bits per heavy atom. The number of hydroxylamine groups is 1. The van der Waals surface area contributed by atoms with Crippen molar-refractivity contribution in [2.24, 2.45) is 0 Å². The van der Waals surface area contributed by atoms with Crippen molar-refractivity contribution in [3.63, 3.8) is 0 Å². The van der Waals surface area contributed by atoms with Gasteiger partial charge in [-0.1, -0.05) is 0 Å². The van der Waals surface area contributed by atoms with Crippen LogP contribution in [0.1, 0.15) is 13.8 Å². The Labute approximate surface area is 67.3 Å². The van der Waals surface area contributed by atoms with Gasteiger partial charge in [0.05, 0.1) is 6.61 Å². The molecular formula is C7H15N3O.